The molecule has 1 fully saturated rings. The van der Waals surface area contributed by atoms with Crippen LogP contribution in [0.2, 0.25) is 0 Å². The zero-order chi connectivity index (χ0) is 14.6. The Kier molecular flexibility index (Phi) is 5.60. The highest BCUT2D eigenvalue weighted by Crippen LogP contribution is 2.29. The van der Waals surface area contributed by atoms with E-state index >= 15 is 0 Å². The number of thiophene rings is 1. The molecule has 0 aromatic carbocycles. The average molecular weight is 316 g/mol. The number of hydrogen-bond acceptors (Lipinski definition) is 4. The van der Waals surface area contributed by atoms with Gasteiger partial charge in [0.25, 0.3) is 10.0 Å². The highest BCUT2D eigenvalue weighted by Gasteiger charge is 2.30. The quantitative estimate of drug-likeness (QED) is 0.908. The summed E-state index contributed by atoms with van der Waals surface area (Å²) < 4.78 is 27.7. The second kappa shape index (κ2) is 7.02. The lowest BCUT2D eigenvalue weighted by atomic mass is 10.1. The van der Waals surface area contributed by atoms with Crippen LogP contribution in [-0.4, -0.2) is 38.9 Å². The smallest absolute Gasteiger partial charge is 0.252 e. The fourth-order valence-electron chi connectivity index (χ4n) is 2.60. The maximum Gasteiger partial charge on any atom is 0.252 e. The molecule has 1 aliphatic heterocycles. The molecule has 0 aliphatic carbocycles. The molecular weight excluding hydrogens is 292 g/mol. The van der Waals surface area contributed by atoms with Crippen molar-refractivity contribution in [1.29, 1.82) is 0 Å². The highest BCUT2D eigenvalue weighted by molar-refractivity contribution is 7.91. The molecule has 6 heteroatoms. The van der Waals surface area contributed by atoms with Gasteiger partial charge in [-0.05, 0) is 51.9 Å². The number of rotatable bonds is 5. The van der Waals surface area contributed by atoms with E-state index in [0.29, 0.717) is 10.8 Å². The fourth-order valence-corrected chi connectivity index (χ4v) is 5.78. The standard InChI is InChI=1S/C14H24N2O2S2/c1-12-6-4-3-5-11-16(12)20(17,18)14-8-7-13(19-14)9-10-15-2/h7-8,12,15H,3-6,9-11H2,1-2H3. The number of likely N-dealkylation sites (N-methyl/N-ethyl adjacent to an activating group) is 1. The molecule has 1 aromatic heterocycles. The molecule has 2 rings (SSSR count). The van der Waals surface area contributed by atoms with Crippen molar-refractivity contribution in [2.24, 2.45) is 0 Å². The van der Waals surface area contributed by atoms with Crippen molar-refractivity contribution in [1.82, 2.24) is 9.62 Å². The summed E-state index contributed by atoms with van der Waals surface area (Å²) in [5.74, 6) is 0. The van der Waals surface area contributed by atoms with E-state index in [1.54, 1.807) is 10.4 Å². The molecule has 1 saturated heterocycles. The van der Waals surface area contributed by atoms with Gasteiger partial charge in [-0.2, -0.15) is 4.31 Å². The topological polar surface area (TPSA) is 49.4 Å². The number of sulfonamides is 1. The first-order valence-corrected chi connectivity index (χ1v) is 9.56. The van der Waals surface area contributed by atoms with Crippen LogP contribution < -0.4 is 5.32 Å². The van der Waals surface area contributed by atoms with Crippen LogP contribution >= 0.6 is 11.3 Å². The van der Waals surface area contributed by atoms with Gasteiger partial charge in [0, 0.05) is 17.5 Å². The van der Waals surface area contributed by atoms with E-state index in [9.17, 15) is 8.42 Å². The van der Waals surface area contributed by atoms with Gasteiger partial charge in [0.05, 0.1) is 0 Å². The Labute approximate surface area is 126 Å². The Balaban J connectivity index is 2.18. The van der Waals surface area contributed by atoms with Gasteiger partial charge in [0.1, 0.15) is 4.21 Å². The predicted octanol–water partition coefficient (Wildman–Crippen LogP) is 2.46. The van der Waals surface area contributed by atoms with Crippen LogP contribution in [0, 0.1) is 0 Å². The van der Waals surface area contributed by atoms with Crippen molar-refractivity contribution < 1.29 is 8.42 Å². The maximum absolute atomic E-state index is 12.8. The van der Waals surface area contributed by atoms with Crippen molar-refractivity contribution in [2.45, 2.75) is 49.3 Å². The van der Waals surface area contributed by atoms with E-state index < -0.39 is 10.0 Å². The van der Waals surface area contributed by atoms with E-state index in [1.807, 2.05) is 20.0 Å². The molecule has 0 radical (unpaired) electrons. The van der Waals surface area contributed by atoms with Crippen molar-refractivity contribution in [3.63, 3.8) is 0 Å². The second-order valence-electron chi connectivity index (χ2n) is 5.39. The van der Waals surface area contributed by atoms with Crippen LogP contribution in [0.3, 0.4) is 0 Å². The molecule has 1 N–H and O–H groups in total. The molecule has 2 heterocycles. The molecule has 1 aliphatic rings. The van der Waals surface area contributed by atoms with Crippen molar-refractivity contribution in [2.75, 3.05) is 20.1 Å². The SMILES string of the molecule is CNCCc1ccc(S(=O)(=O)N2CCCCCC2C)s1. The van der Waals surface area contributed by atoms with Crippen LogP contribution in [-0.2, 0) is 16.4 Å². The van der Waals surface area contributed by atoms with Gasteiger partial charge < -0.3 is 5.32 Å². The van der Waals surface area contributed by atoms with E-state index in [1.165, 1.54) is 11.3 Å². The van der Waals surface area contributed by atoms with Gasteiger partial charge in [-0.15, -0.1) is 11.3 Å². The summed E-state index contributed by atoms with van der Waals surface area (Å²) in [5, 5.41) is 3.09. The summed E-state index contributed by atoms with van der Waals surface area (Å²) in [4.78, 5) is 1.13. The van der Waals surface area contributed by atoms with Crippen LogP contribution in [0.15, 0.2) is 16.3 Å². The lowest BCUT2D eigenvalue weighted by molar-refractivity contribution is 0.343. The molecule has 1 atom stereocenters. The first-order valence-electron chi connectivity index (χ1n) is 7.31. The zero-order valence-corrected chi connectivity index (χ0v) is 13.9. The molecule has 1 unspecified atom stereocenters. The zero-order valence-electron chi connectivity index (χ0n) is 12.3. The van der Waals surface area contributed by atoms with Gasteiger partial charge in [0.2, 0.25) is 0 Å². The number of nitrogens with zero attached hydrogens (tertiary/aromatic N) is 1. The Morgan fingerprint density at radius 2 is 2.15 bits per heavy atom. The molecular formula is C14H24N2O2S2. The van der Waals surface area contributed by atoms with Gasteiger partial charge in [-0.1, -0.05) is 12.8 Å². The molecule has 0 bridgehead atoms. The third-order valence-corrected chi connectivity index (χ3v) is 7.44. The monoisotopic (exact) mass is 316 g/mol. The van der Waals surface area contributed by atoms with Gasteiger partial charge in [0.15, 0.2) is 0 Å². The lowest BCUT2D eigenvalue weighted by Crippen LogP contribution is -2.37. The van der Waals surface area contributed by atoms with Crippen molar-refractivity contribution in [3.8, 4) is 0 Å². The molecule has 114 valence electrons. The first-order chi connectivity index (χ1) is 9.55. The summed E-state index contributed by atoms with van der Waals surface area (Å²) in [6.45, 7) is 3.56. The van der Waals surface area contributed by atoms with Crippen LogP contribution in [0.1, 0.15) is 37.5 Å². The number of hydrogen-bond donors (Lipinski definition) is 1. The molecule has 1 aromatic rings. The minimum atomic E-state index is -3.31. The van der Waals surface area contributed by atoms with Gasteiger partial charge in [-0.3, -0.25) is 0 Å². The van der Waals surface area contributed by atoms with Crippen LogP contribution in [0.5, 0.6) is 0 Å². The van der Waals surface area contributed by atoms with E-state index in [-0.39, 0.29) is 6.04 Å². The van der Waals surface area contributed by atoms with E-state index in [2.05, 4.69) is 5.32 Å². The summed E-state index contributed by atoms with van der Waals surface area (Å²) >= 11 is 1.41. The molecule has 0 spiro atoms. The normalized spacial score (nSPS) is 21.8. The first kappa shape index (κ1) is 15.9. The molecule has 0 saturated carbocycles. The molecule has 4 nitrogen and oxygen atoms in total. The van der Waals surface area contributed by atoms with Crippen LogP contribution in [0.25, 0.3) is 0 Å². The fraction of sp³-hybridized carbons (Fsp3) is 0.714. The molecule has 20 heavy (non-hydrogen) atoms. The lowest BCUT2D eigenvalue weighted by Gasteiger charge is -2.25. The average Bonchev–Trinajstić information content (AvgIpc) is 2.79. The van der Waals surface area contributed by atoms with Gasteiger partial charge >= 0.3 is 0 Å². The van der Waals surface area contributed by atoms with E-state index in [4.69, 9.17) is 0 Å². The summed E-state index contributed by atoms with van der Waals surface area (Å²) in [6, 6.07) is 3.82. The molecule has 0 amide bonds. The number of nitrogens with one attached hydrogen (secondary N) is 1. The third kappa shape index (κ3) is 3.61. The Morgan fingerprint density at radius 3 is 2.90 bits per heavy atom. The van der Waals surface area contributed by atoms with Crippen LogP contribution in [0.4, 0.5) is 0 Å². The predicted molar refractivity (Wildman–Crippen MR) is 83.8 cm³/mol. The minimum Gasteiger partial charge on any atom is -0.319 e. The Hall–Kier alpha value is -0.430. The third-order valence-electron chi connectivity index (χ3n) is 3.81. The highest BCUT2D eigenvalue weighted by atomic mass is 32.2. The van der Waals surface area contributed by atoms with Crippen molar-refractivity contribution >= 4 is 21.4 Å². The van der Waals surface area contributed by atoms with Gasteiger partial charge in [-0.25, -0.2) is 8.42 Å². The Morgan fingerprint density at radius 1 is 1.35 bits per heavy atom. The summed E-state index contributed by atoms with van der Waals surface area (Å²) in [7, 11) is -1.40. The van der Waals surface area contributed by atoms with E-state index in [0.717, 1.165) is 43.5 Å². The maximum atomic E-state index is 12.8. The largest absolute Gasteiger partial charge is 0.319 e. The second-order valence-corrected chi connectivity index (χ2v) is 8.67. The summed E-state index contributed by atoms with van der Waals surface area (Å²) in [5.41, 5.74) is 0. The summed E-state index contributed by atoms with van der Waals surface area (Å²) in [6.07, 6.45) is 5.09. The minimum absolute atomic E-state index is 0.116. The Bertz CT molecular complexity index is 525. The van der Waals surface area contributed by atoms with Crippen molar-refractivity contribution in [3.05, 3.63) is 17.0 Å².